The summed E-state index contributed by atoms with van der Waals surface area (Å²) in [6, 6.07) is 6.60. The predicted octanol–water partition coefficient (Wildman–Crippen LogP) is 1.34. The summed E-state index contributed by atoms with van der Waals surface area (Å²) >= 11 is 0. The molecule has 1 fully saturated rings. The van der Waals surface area contributed by atoms with Gasteiger partial charge in [0.25, 0.3) is 0 Å². The van der Waals surface area contributed by atoms with Gasteiger partial charge in [0.05, 0.1) is 13.2 Å². The van der Waals surface area contributed by atoms with Crippen LogP contribution in [0.2, 0.25) is 0 Å². The standard InChI is InChI=1S/C15H21N3O3/c1-12(19)13-2-4-14(5-3-13)17-15(20)16-6-7-18-8-10-21-11-9-18/h2-5H,6-11H2,1H3,(H2,16,17,20). The van der Waals surface area contributed by atoms with Gasteiger partial charge in [-0.3, -0.25) is 9.69 Å². The van der Waals surface area contributed by atoms with E-state index >= 15 is 0 Å². The first-order valence-corrected chi connectivity index (χ1v) is 7.11. The van der Waals surface area contributed by atoms with E-state index in [1.54, 1.807) is 24.3 Å². The van der Waals surface area contributed by atoms with E-state index in [0.717, 1.165) is 32.8 Å². The quantitative estimate of drug-likeness (QED) is 0.803. The van der Waals surface area contributed by atoms with Crippen molar-refractivity contribution in [2.45, 2.75) is 6.92 Å². The van der Waals surface area contributed by atoms with Crippen LogP contribution in [0.1, 0.15) is 17.3 Å². The summed E-state index contributed by atoms with van der Waals surface area (Å²) in [6.45, 7) is 6.27. The average molecular weight is 291 g/mol. The van der Waals surface area contributed by atoms with E-state index in [1.165, 1.54) is 6.92 Å². The van der Waals surface area contributed by atoms with E-state index in [0.29, 0.717) is 17.8 Å². The largest absolute Gasteiger partial charge is 0.379 e. The molecule has 1 aromatic carbocycles. The van der Waals surface area contributed by atoms with Crippen LogP contribution in [0, 0.1) is 0 Å². The Labute approximate surface area is 124 Å². The molecule has 0 radical (unpaired) electrons. The molecular weight excluding hydrogens is 270 g/mol. The lowest BCUT2D eigenvalue weighted by Gasteiger charge is -2.26. The van der Waals surface area contributed by atoms with Gasteiger partial charge in [0.2, 0.25) is 0 Å². The van der Waals surface area contributed by atoms with Crippen molar-refractivity contribution in [2.75, 3.05) is 44.7 Å². The highest BCUT2D eigenvalue weighted by Crippen LogP contribution is 2.09. The molecule has 0 bridgehead atoms. The summed E-state index contributed by atoms with van der Waals surface area (Å²) < 4.78 is 5.27. The molecule has 1 aromatic rings. The van der Waals surface area contributed by atoms with Gasteiger partial charge in [-0.25, -0.2) is 4.79 Å². The maximum Gasteiger partial charge on any atom is 0.319 e. The Morgan fingerprint density at radius 3 is 2.48 bits per heavy atom. The number of ketones is 1. The van der Waals surface area contributed by atoms with Crippen molar-refractivity contribution in [3.05, 3.63) is 29.8 Å². The first-order valence-electron chi connectivity index (χ1n) is 7.11. The van der Waals surface area contributed by atoms with Gasteiger partial charge in [-0.2, -0.15) is 0 Å². The Kier molecular flexibility index (Phi) is 5.71. The fourth-order valence-electron chi connectivity index (χ4n) is 2.12. The molecule has 0 spiro atoms. The zero-order valence-electron chi connectivity index (χ0n) is 12.2. The molecule has 0 atom stereocenters. The molecule has 0 aliphatic carbocycles. The summed E-state index contributed by atoms with van der Waals surface area (Å²) in [6.07, 6.45) is 0. The molecule has 0 saturated carbocycles. The number of carbonyl (C=O) groups excluding carboxylic acids is 2. The van der Waals surface area contributed by atoms with Gasteiger partial charge >= 0.3 is 6.03 Å². The number of anilines is 1. The van der Waals surface area contributed by atoms with Gasteiger partial charge in [-0.15, -0.1) is 0 Å². The number of nitrogens with one attached hydrogen (secondary N) is 2. The fraction of sp³-hybridized carbons (Fsp3) is 0.467. The van der Waals surface area contributed by atoms with E-state index in [9.17, 15) is 9.59 Å². The highest BCUT2D eigenvalue weighted by Gasteiger charge is 2.10. The minimum Gasteiger partial charge on any atom is -0.379 e. The third kappa shape index (κ3) is 5.17. The Morgan fingerprint density at radius 1 is 1.19 bits per heavy atom. The van der Waals surface area contributed by atoms with Crippen molar-refractivity contribution in [1.82, 2.24) is 10.2 Å². The minimum atomic E-state index is -0.237. The minimum absolute atomic E-state index is 0.0107. The molecule has 114 valence electrons. The number of carbonyl (C=O) groups is 2. The average Bonchev–Trinajstić information content (AvgIpc) is 2.49. The Hall–Kier alpha value is -1.92. The molecular formula is C15H21N3O3. The second-order valence-corrected chi connectivity index (χ2v) is 4.97. The zero-order chi connectivity index (χ0) is 15.1. The van der Waals surface area contributed by atoms with Crippen molar-refractivity contribution in [3.8, 4) is 0 Å². The van der Waals surface area contributed by atoms with Gasteiger partial charge < -0.3 is 15.4 Å². The van der Waals surface area contributed by atoms with Crippen LogP contribution in [0.4, 0.5) is 10.5 Å². The van der Waals surface area contributed by atoms with E-state index in [1.807, 2.05) is 0 Å². The normalized spacial score (nSPS) is 15.5. The Bertz CT molecular complexity index is 481. The van der Waals surface area contributed by atoms with E-state index in [-0.39, 0.29) is 11.8 Å². The maximum absolute atomic E-state index is 11.7. The highest BCUT2D eigenvalue weighted by atomic mass is 16.5. The second kappa shape index (κ2) is 7.75. The van der Waals surface area contributed by atoms with E-state index in [2.05, 4.69) is 15.5 Å². The summed E-state index contributed by atoms with van der Waals surface area (Å²) in [5, 5.41) is 5.56. The lowest BCUT2D eigenvalue weighted by molar-refractivity contribution is 0.0388. The van der Waals surface area contributed by atoms with Gasteiger partial charge in [0.15, 0.2) is 5.78 Å². The molecule has 0 aromatic heterocycles. The number of hydrogen-bond donors (Lipinski definition) is 2. The van der Waals surface area contributed by atoms with Gasteiger partial charge in [-0.05, 0) is 31.2 Å². The number of urea groups is 1. The van der Waals surface area contributed by atoms with E-state index < -0.39 is 0 Å². The summed E-state index contributed by atoms with van der Waals surface area (Å²) in [5.74, 6) is 0.0107. The Balaban J connectivity index is 1.70. The first kappa shape index (κ1) is 15.5. The van der Waals surface area contributed by atoms with Crippen LogP contribution in [0.25, 0.3) is 0 Å². The van der Waals surface area contributed by atoms with Crippen molar-refractivity contribution in [3.63, 3.8) is 0 Å². The lowest BCUT2D eigenvalue weighted by Crippen LogP contribution is -2.42. The van der Waals surface area contributed by atoms with Crippen LogP contribution >= 0.6 is 0 Å². The van der Waals surface area contributed by atoms with Gasteiger partial charge in [-0.1, -0.05) is 0 Å². The predicted molar refractivity (Wildman–Crippen MR) is 80.7 cm³/mol. The number of nitrogens with zero attached hydrogens (tertiary/aromatic N) is 1. The molecule has 6 heteroatoms. The van der Waals surface area contributed by atoms with Crippen molar-refractivity contribution in [1.29, 1.82) is 0 Å². The summed E-state index contributed by atoms with van der Waals surface area (Å²) in [7, 11) is 0. The van der Waals surface area contributed by atoms with Crippen molar-refractivity contribution >= 4 is 17.5 Å². The highest BCUT2D eigenvalue weighted by molar-refractivity contribution is 5.95. The van der Waals surface area contributed by atoms with Crippen LogP contribution in [-0.4, -0.2) is 56.1 Å². The summed E-state index contributed by atoms with van der Waals surface area (Å²) in [5.41, 5.74) is 1.30. The van der Waals surface area contributed by atoms with Crippen LogP contribution in [0.5, 0.6) is 0 Å². The molecule has 6 nitrogen and oxygen atoms in total. The van der Waals surface area contributed by atoms with E-state index in [4.69, 9.17) is 4.74 Å². The molecule has 21 heavy (non-hydrogen) atoms. The molecule has 2 rings (SSSR count). The van der Waals surface area contributed by atoms with Crippen LogP contribution in [0.15, 0.2) is 24.3 Å². The van der Waals surface area contributed by atoms with Crippen LogP contribution < -0.4 is 10.6 Å². The van der Waals surface area contributed by atoms with Gasteiger partial charge in [0, 0.05) is 37.4 Å². The smallest absolute Gasteiger partial charge is 0.319 e. The number of benzene rings is 1. The van der Waals surface area contributed by atoms with Crippen LogP contribution in [0.3, 0.4) is 0 Å². The molecule has 1 saturated heterocycles. The SMILES string of the molecule is CC(=O)c1ccc(NC(=O)NCCN2CCOCC2)cc1. The number of hydrogen-bond acceptors (Lipinski definition) is 4. The first-order chi connectivity index (χ1) is 10.1. The summed E-state index contributed by atoms with van der Waals surface area (Å²) in [4.78, 5) is 25.2. The molecule has 2 N–H and O–H groups in total. The number of amides is 2. The molecule has 1 heterocycles. The number of ether oxygens (including phenoxy) is 1. The lowest BCUT2D eigenvalue weighted by atomic mass is 10.1. The van der Waals surface area contributed by atoms with Crippen LogP contribution in [-0.2, 0) is 4.74 Å². The monoisotopic (exact) mass is 291 g/mol. The molecule has 1 aliphatic heterocycles. The third-order valence-electron chi connectivity index (χ3n) is 3.37. The zero-order valence-corrected chi connectivity index (χ0v) is 12.2. The topological polar surface area (TPSA) is 70.7 Å². The number of morpholine rings is 1. The molecule has 1 aliphatic rings. The van der Waals surface area contributed by atoms with Crippen molar-refractivity contribution in [2.24, 2.45) is 0 Å². The third-order valence-corrected chi connectivity index (χ3v) is 3.37. The molecule has 2 amide bonds. The van der Waals surface area contributed by atoms with Gasteiger partial charge in [0.1, 0.15) is 0 Å². The maximum atomic E-state index is 11.7. The fourth-order valence-corrected chi connectivity index (χ4v) is 2.12. The number of Topliss-reactive ketones (excluding diaryl/α,β-unsaturated/α-hetero) is 1. The molecule has 0 unspecified atom stereocenters. The Morgan fingerprint density at radius 2 is 1.86 bits per heavy atom. The van der Waals surface area contributed by atoms with Crippen molar-refractivity contribution < 1.29 is 14.3 Å². The number of rotatable bonds is 5. The second-order valence-electron chi connectivity index (χ2n) is 4.97.